The highest BCUT2D eigenvalue weighted by Crippen LogP contribution is 2.30. The summed E-state index contributed by atoms with van der Waals surface area (Å²) in [5.41, 5.74) is -0.966. The lowest BCUT2D eigenvalue weighted by atomic mass is 10.2. The van der Waals surface area contributed by atoms with E-state index in [1.165, 1.54) is 11.9 Å². The fourth-order valence-electron chi connectivity index (χ4n) is 1.47. The first-order chi connectivity index (χ1) is 8.75. The Kier molecular flexibility index (Phi) is 4.72. The average Bonchev–Trinajstić information content (AvgIpc) is 2.33. The fraction of sp³-hybridized carbons (Fsp3) is 0.500. The molecule has 0 saturated heterocycles. The predicted octanol–water partition coefficient (Wildman–Crippen LogP) is 2.18. The van der Waals surface area contributed by atoms with Gasteiger partial charge in [0.25, 0.3) is 0 Å². The average molecular weight is 273 g/mol. The van der Waals surface area contributed by atoms with E-state index in [4.69, 9.17) is 10.4 Å². The molecule has 1 heterocycles. The Morgan fingerprint density at radius 3 is 2.58 bits per heavy atom. The van der Waals surface area contributed by atoms with Crippen LogP contribution in [0.4, 0.5) is 19.0 Å². The van der Waals surface area contributed by atoms with Gasteiger partial charge in [0.15, 0.2) is 0 Å². The molecule has 1 unspecified atom stereocenters. The minimum Gasteiger partial charge on any atom is -0.393 e. The molecule has 1 aromatic rings. The Morgan fingerprint density at radius 2 is 2.11 bits per heavy atom. The molecule has 19 heavy (non-hydrogen) atoms. The molecule has 7 heteroatoms. The van der Waals surface area contributed by atoms with E-state index in [1.807, 2.05) is 6.07 Å². The monoisotopic (exact) mass is 273 g/mol. The number of aliphatic hydroxyl groups is 1. The molecule has 4 nitrogen and oxygen atoms in total. The van der Waals surface area contributed by atoms with Crippen molar-refractivity contribution in [2.75, 3.05) is 18.5 Å². The van der Waals surface area contributed by atoms with Gasteiger partial charge in [-0.25, -0.2) is 4.98 Å². The smallest absolute Gasteiger partial charge is 0.393 e. The number of alkyl halides is 3. The SMILES string of the molecule is CC(O)CCN(C)c1nc(C(F)(F)F)ccc1C#N. The van der Waals surface area contributed by atoms with Crippen LogP contribution >= 0.6 is 0 Å². The van der Waals surface area contributed by atoms with Gasteiger partial charge in [0.05, 0.1) is 11.7 Å². The van der Waals surface area contributed by atoms with E-state index in [0.29, 0.717) is 13.0 Å². The Balaban J connectivity index is 3.06. The quantitative estimate of drug-likeness (QED) is 0.913. The molecule has 0 spiro atoms. The van der Waals surface area contributed by atoms with Gasteiger partial charge in [0.2, 0.25) is 0 Å². The first-order valence-corrected chi connectivity index (χ1v) is 5.63. The number of aliphatic hydroxyl groups excluding tert-OH is 1. The lowest BCUT2D eigenvalue weighted by molar-refractivity contribution is -0.141. The standard InChI is InChI=1S/C12H14F3N3O/c1-8(19)5-6-18(2)11-9(7-16)3-4-10(17-11)12(13,14)15/h3-4,8,19H,5-6H2,1-2H3. The molecule has 1 rings (SSSR count). The van der Waals surface area contributed by atoms with Gasteiger partial charge in [0, 0.05) is 13.6 Å². The first-order valence-electron chi connectivity index (χ1n) is 5.63. The summed E-state index contributed by atoms with van der Waals surface area (Å²) in [6, 6.07) is 3.69. The molecule has 0 fully saturated rings. The number of aromatic nitrogens is 1. The second-order valence-electron chi connectivity index (χ2n) is 4.24. The summed E-state index contributed by atoms with van der Waals surface area (Å²) in [7, 11) is 1.53. The van der Waals surface area contributed by atoms with Crippen molar-refractivity contribution in [3.8, 4) is 6.07 Å². The zero-order chi connectivity index (χ0) is 14.6. The Morgan fingerprint density at radius 1 is 1.47 bits per heavy atom. The minimum absolute atomic E-state index is 0.0297. The van der Waals surface area contributed by atoms with Crippen molar-refractivity contribution in [3.63, 3.8) is 0 Å². The maximum absolute atomic E-state index is 12.6. The van der Waals surface area contributed by atoms with Crippen molar-refractivity contribution in [1.29, 1.82) is 5.26 Å². The molecular weight excluding hydrogens is 259 g/mol. The Bertz CT molecular complexity index is 480. The second-order valence-corrected chi connectivity index (χ2v) is 4.24. The number of nitriles is 1. The van der Waals surface area contributed by atoms with Gasteiger partial charge >= 0.3 is 6.18 Å². The van der Waals surface area contributed by atoms with Gasteiger partial charge in [-0.2, -0.15) is 18.4 Å². The summed E-state index contributed by atoms with van der Waals surface area (Å²) in [5, 5.41) is 18.1. The summed E-state index contributed by atoms with van der Waals surface area (Å²) in [4.78, 5) is 4.92. The molecule has 1 aromatic heterocycles. The zero-order valence-corrected chi connectivity index (χ0v) is 10.6. The molecule has 104 valence electrons. The van der Waals surface area contributed by atoms with E-state index >= 15 is 0 Å². The predicted molar refractivity (Wildman–Crippen MR) is 63.5 cm³/mol. The molecule has 0 radical (unpaired) electrons. The molecule has 0 aliphatic heterocycles. The topological polar surface area (TPSA) is 60.1 Å². The third kappa shape index (κ3) is 4.10. The van der Waals surface area contributed by atoms with Gasteiger partial charge < -0.3 is 10.0 Å². The Hall–Kier alpha value is -1.81. The molecule has 1 atom stereocenters. The van der Waals surface area contributed by atoms with Gasteiger partial charge in [-0.15, -0.1) is 0 Å². The van der Waals surface area contributed by atoms with Gasteiger partial charge in [-0.3, -0.25) is 0 Å². The lowest BCUT2D eigenvalue weighted by Crippen LogP contribution is -2.24. The number of anilines is 1. The second kappa shape index (κ2) is 5.89. The van der Waals surface area contributed by atoms with E-state index in [0.717, 1.165) is 12.1 Å². The molecule has 0 amide bonds. The number of pyridine rings is 1. The van der Waals surface area contributed by atoms with E-state index in [1.54, 1.807) is 6.92 Å². The van der Waals surface area contributed by atoms with Crippen LogP contribution in [0.1, 0.15) is 24.6 Å². The summed E-state index contributed by atoms with van der Waals surface area (Å²) in [6.07, 6.45) is -4.74. The summed E-state index contributed by atoms with van der Waals surface area (Å²) in [6.45, 7) is 1.89. The molecule has 0 bridgehead atoms. The zero-order valence-electron chi connectivity index (χ0n) is 10.6. The third-order valence-corrected chi connectivity index (χ3v) is 2.53. The van der Waals surface area contributed by atoms with Crippen LogP contribution in [0.2, 0.25) is 0 Å². The number of hydrogen-bond donors (Lipinski definition) is 1. The van der Waals surface area contributed by atoms with Crippen molar-refractivity contribution in [3.05, 3.63) is 23.4 Å². The maximum Gasteiger partial charge on any atom is 0.433 e. The number of nitrogens with zero attached hydrogens (tertiary/aromatic N) is 3. The number of hydrogen-bond acceptors (Lipinski definition) is 4. The van der Waals surface area contributed by atoms with Crippen LogP contribution in [-0.4, -0.2) is 29.8 Å². The highest BCUT2D eigenvalue weighted by Gasteiger charge is 2.33. The van der Waals surface area contributed by atoms with E-state index in [2.05, 4.69) is 4.98 Å². The van der Waals surface area contributed by atoms with Crippen LogP contribution < -0.4 is 4.90 Å². The van der Waals surface area contributed by atoms with Crippen LogP contribution in [0.15, 0.2) is 12.1 Å². The van der Waals surface area contributed by atoms with Gasteiger partial charge in [0.1, 0.15) is 17.6 Å². The molecule has 0 aromatic carbocycles. The highest BCUT2D eigenvalue weighted by molar-refractivity contribution is 5.54. The first kappa shape index (κ1) is 15.2. The minimum atomic E-state index is -4.55. The number of rotatable bonds is 4. The van der Waals surface area contributed by atoms with Crippen molar-refractivity contribution in [2.45, 2.75) is 25.6 Å². The lowest BCUT2D eigenvalue weighted by Gasteiger charge is -2.21. The largest absolute Gasteiger partial charge is 0.433 e. The number of halogens is 3. The third-order valence-electron chi connectivity index (χ3n) is 2.53. The van der Waals surface area contributed by atoms with Crippen molar-refractivity contribution in [2.24, 2.45) is 0 Å². The maximum atomic E-state index is 12.6. The summed E-state index contributed by atoms with van der Waals surface area (Å²) < 4.78 is 37.7. The molecule has 0 aliphatic rings. The van der Waals surface area contributed by atoms with Crippen molar-refractivity contribution < 1.29 is 18.3 Å². The molecule has 1 N–H and O–H groups in total. The van der Waals surface area contributed by atoms with E-state index < -0.39 is 18.0 Å². The fourth-order valence-corrected chi connectivity index (χ4v) is 1.47. The summed E-state index contributed by atoms with van der Waals surface area (Å²) in [5.74, 6) is -0.0297. The van der Waals surface area contributed by atoms with Crippen LogP contribution in [0.25, 0.3) is 0 Å². The van der Waals surface area contributed by atoms with E-state index in [9.17, 15) is 13.2 Å². The summed E-state index contributed by atoms with van der Waals surface area (Å²) >= 11 is 0. The normalized spacial score (nSPS) is 12.9. The molecule has 0 saturated carbocycles. The van der Waals surface area contributed by atoms with Crippen LogP contribution in [0.3, 0.4) is 0 Å². The van der Waals surface area contributed by atoms with Crippen molar-refractivity contribution >= 4 is 5.82 Å². The van der Waals surface area contributed by atoms with E-state index in [-0.39, 0.29) is 11.4 Å². The molecular formula is C12H14F3N3O. The molecule has 0 aliphatic carbocycles. The van der Waals surface area contributed by atoms with Gasteiger partial charge in [-0.05, 0) is 25.5 Å². The van der Waals surface area contributed by atoms with Crippen LogP contribution in [0, 0.1) is 11.3 Å². The van der Waals surface area contributed by atoms with Crippen LogP contribution in [0.5, 0.6) is 0 Å². The van der Waals surface area contributed by atoms with Crippen molar-refractivity contribution in [1.82, 2.24) is 4.98 Å². The van der Waals surface area contributed by atoms with Crippen LogP contribution in [-0.2, 0) is 6.18 Å². The highest BCUT2D eigenvalue weighted by atomic mass is 19.4. The van der Waals surface area contributed by atoms with Gasteiger partial charge in [-0.1, -0.05) is 0 Å². The Labute approximate surface area is 109 Å².